The topological polar surface area (TPSA) is 122 Å². The van der Waals surface area contributed by atoms with E-state index >= 15 is 0 Å². The number of rotatable bonds is 5. The Morgan fingerprint density at radius 1 is 1.41 bits per heavy atom. The van der Waals surface area contributed by atoms with Crippen molar-refractivity contribution in [3.63, 3.8) is 0 Å². The van der Waals surface area contributed by atoms with Crippen LogP contribution in [0.4, 0.5) is 11.4 Å². The van der Waals surface area contributed by atoms with Crippen molar-refractivity contribution in [1.82, 2.24) is 4.57 Å². The van der Waals surface area contributed by atoms with Crippen molar-refractivity contribution in [3.05, 3.63) is 60.9 Å². The molecule has 0 bridgehead atoms. The van der Waals surface area contributed by atoms with Crippen LogP contribution < -0.4 is 5.56 Å². The minimum Gasteiger partial charge on any atom is -0.494 e. The molecule has 0 aliphatic carbocycles. The maximum atomic E-state index is 12.4. The Balaban J connectivity index is 2.64. The molecule has 1 N–H and O–H groups in total. The van der Waals surface area contributed by atoms with Crippen LogP contribution in [0.1, 0.15) is 36.1 Å². The van der Waals surface area contributed by atoms with Crippen LogP contribution in [-0.2, 0) is 6.54 Å². The Hall–Kier alpha value is -3.47. The van der Waals surface area contributed by atoms with Crippen molar-refractivity contribution in [3.8, 4) is 11.9 Å². The number of nitrogens with zero attached hydrogens (tertiary/aromatic N) is 4. The van der Waals surface area contributed by atoms with Crippen molar-refractivity contribution in [2.45, 2.75) is 34.2 Å². The molecule has 0 amide bonds. The minimum atomic E-state index is -0.551. The van der Waals surface area contributed by atoms with Crippen LogP contribution in [0.3, 0.4) is 0 Å². The van der Waals surface area contributed by atoms with E-state index in [-0.39, 0.29) is 35.2 Å². The first-order chi connectivity index (χ1) is 12.7. The van der Waals surface area contributed by atoms with E-state index in [1.807, 2.05) is 19.9 Å². The molecule has 0 saturated heterocycles. The van der Waals surface area contributed by atoms with Gasteiger partial charge in [0.2, 0.25) is 5.88 Å². The number of nitro groups is 1. The Bertz CT molecular complexity index is 1030. The highest BCUT2D eigenvalue weighted by Crippen LogP contribution is 2.26. The fourth-order valence-electron chi connectivity index (χ4n) is 2.64. The second kappa shape index (κ2) is 7.83. The summed E-state index contributed by atoms with van der Waals surface area (Å²) >= 11 is 0. The molecule has 0 saturated carbocycles. The van der Waals surface area contributed by atoms with Crippen LogP contribution in [0.25, 0.3) is 0 Å². The van der Waals surface area contributed by atoms with Gasteiger partial charge in [-0.3, -0.25) is 24.5 Å². The molecule has 8 heteroatoms. The molecule has 140 valence electrons. The van der Waals surface area contributed by atoms with E-state index in [1.165, 1.54) is 18.3 Å². The molecule has 0 unspecified atom stereocenters. The number of aromatic nitrogens is 1. The molecule has 2 rings (SSSR count). The zero-order chi connectivity index (χ0) is 20.3. The van der Waals surface area contributed by atoms with Crippen molar-refractivity contribution >= 4 is 17.6 Å². The minimum absolute atomic E-state index is 0.0642. The van der Waals surface area contributed by atoms with Gasteiger partial charge in [0.05, 0.1) is 16.2 Å². The maximum absolute atomic E-state index is 12.4. The summed E-state index contributed by atoms with van der Waals surface area (Å²) < 4.78 is 1.15. The molecule has 1 aromatic heterocycles. The van der Waals surface area contributed by atoms with E-state index in [1.54, 1.807) is 19.9 Å². The average molecular weight is 368 g/mol. The van der Waals surface area contributed by atoms with Crippen molar-refractivity contribution in [2.75, 3.05) is 0 Å². The normalized spacial score (nSPS) is 11.1. The van der Waals surface area contributed by atoms with Gasteiger partial charge in [0.1, 0.15) is 11.6 Å². The zero-order valence-corrected chi connectivity index (χ0v) is 15.6. The number of benzene rings is 1. The first-order valence-corrected chi connectivity index (χ1v) is 8.32. The fraction of sp³-hybridized carbons (Fsp3) is 0.316. The highest BCUT2D eigenvalue weighted by atomic mass is 16.6. The quantitative estimate of drug-likeness (QED) is 0.493. The van der Waals surface area contributed by atoms with Gasteiger partial charge in [-0.05, 0) is 30.9 Å². The van der Waals surface area contributed by atoms with Gasteiger partial charge in [-0.25, -0.2) is 0 Å². The number of hydrogen-bond acceptors (Lipinski definition) is 6. The lowest BCUT2D eigenvalue weighted by molar-refractivity contribution is -0.384. The van der Waals surface area contributed by atoms with E-state index in [9.17, 15) is 25.3 Å². The smallest absolute Gasteiger partial charge is 0.271 e. The summed E-state index contributed by atoms with van der Waals surface area (Å²) in [5, 5.41) is 30.9. The van der Waals surface area contributed by atoms with Gasteiger partial charge in [-0.2, -0.15) is 5.26 Å². The highest BCUT2D eigenvalue weighted by Gasteiger charge is 2.18. The van der Waals surface area contributed by atoms with Gasteiger partial charge in [0, 0.05) is 24.9 Å². The lowest BCUT2D eigenvalue weighted by Gasteiger charge is -2.15. The van der Waals surface area contributed by atoms with Crippen molar-refractivity contribution in [2.24, 2.45) is 10.9 Å². The molecule has 0 aliphatic heterocycles. The zero-order valence-electron chi connectivity index (χ0n) is 15.6. The lowest BCUT2D eigenvalue weighted by atomic mass is 10.1. The molecular formula is C19H20N4O4. The van der Waals surface area contributed by atoms with E-state index < -0.39 is 10.5 Å². The molecule has 27 heavy (non-hydrogen) atoms. The number of aryl methyl sites for hydroxylation is 1. The molecule has 0 radical (unpaired) electrons. The third-order valence-electron chi connectivity index (χ3n) is 4.13. The summed E-state index contributed by atoms with van der Waals surface area (Å²) in [6.07, 6.45) is 1.33. The number of pyridine rings is 1. The monoisotopic (exact) mass is 368 g/mol. The number of nitro benzene ring substituents is 1. The first kappa shape index (κ1) is 19.8. The largest absolute Gasteiger partial charge is 0.494 e. The standard InChI is InChI=1S/C19H20N4O4/c1-11(2)10-22-18(24)15(8-20)13(4)16(19(22)25)9-21-17-7-14(23(26)27)6-5-12(17)3/h5-7,9,11,25H,10H2,1-4H3. The molecule has 0 atom stereocenters. The Morgan fingerprint density at radius 3 is 2.63 bits per heavy atom. The second-order valence-electron chi connectivity index (χ2n) is 6.64. The second-order valence-corrected chi connectivity index (χ2v) is 6.64. The summed E-state index contributed by atoms with van der Waals surface area (Å²) in [4.78, 5) is 27.1. The summed E-state index contributed by atoms with van der Waals surface area (Å²) in [5.74, 6) is -0.205. The van der Waals surface area contributed by atoms with Gasteiger partial charge >= 0.3 is 0 Å². The molecule has 1 aromatic carbocycles. The highest BCUT2D eigenvalue weighted by molar-refractivity contribution is 5.87. The summed E-state index contributed by atoms with van der Waals surface area (Å²) in [6.45, 7) is 7.33. The lowest BCUT2D eigenvalue weighted by Crippen LogP contribution is -2.27. The van der Waals surface area contributed by atoms with Crippen LogP contribution in [0, 0.1) is 41.2 Å². The van der Waals surface area contributed by atoms with Crippen LogP contribution in [0.2, 0.25) is 0 Å². The summed E-state index contributed by atoms with van der Waals surface area (Å²) in [5.41, 5.74) is 0.907. The van der Waals surface area contributed by atoms with Gasteiger partial charge in [0.15, 0.2) is 0 Å². The van der Waals surface area contributed by atoms with E-state index in [0.29, 0.717) is 16.8 Å². The van der Waals surface area contributed by atoms with E-state index in [2.05, 4.69) is 4.99 Å². The van der Waals surface area contributed by atoms with Crippen molar-refractivity contribution in [1.29, 1.82) is 5.26 Å². The van der Waals surface area contributed by atoms with Crippen LogP contribution in [-0.4, -0.2) is 20.8 Å². The maximum Gasteiger partial charge on any atom is 0.271 e. The molecular weight excluding hydrogens is 348 g/mol. The fourth-order valence-corrected chi connectivity index (χ4v) is 2.64. The predicted molar refractivity (Wildman–Crippen MR) is 102 cm³/mol. The number of aromatic hydroxyl groups is 1. The van der Waals surface area contributed by atoms with Crippen LogP contribution in [0.15, 0.2) is 28.0 Å². The molecule has 1 heterocycles. The SMILES string of the molecule is Cc1ccc([N+](=O)[O-])cc1N=Cc1c(C)c(C#N)c(=O)n(CC(C)C)c1O. The van der Waals surface area contributed by atoms with E-state index in [4.69, 9.17) is 0 Å². The van der Waals surface area contributed by atoms with Gasteiger partial charge in [-0.1, -0.05) is 19.9 Å². The molecule has 0 fully saturated rings. The van der Waals surface area contributed by atoms with Gasteiger partial charge in [-0.15, -0.1) is 0 Å². The Kier molecular flexibility index (Phi) is 5.75. The first-order valence-electron chi connectivity index (χ1n) is 8.32. The van der Waals surface area contributed by atoms with Gasteiger partial charge in [0.25, 0.3) is 11.2 Å². The Labute approximate surface area is 156 Å². The number of hydrogen-bond donors (Lipinski definition) is 1. The number of nitriles is 1. The number of aliphatic imine (C=N–C) groups is 1. The molecule has 0 aliphatic rings. The summed E-state index contributed by atoms with van der Waals surface area (Å²) in [6, 6.07) is 6.17. The van der Waals surface area contributed by atoms with Crippen LogP contribution >= 0.6 is 0 Å². The predicted octanol–water partition coefficient (Wildman–Crippen LogP) is 3.36. The Morgan fingerprint density at radius 2 is 2.07 bits per heavy atom. The van der Waals surface area contributed by atoms with E-state index in [0.717, 1.165) is 4.57 Å². The third-order valence-corrected chi connectivity index (χ3v) is 4.13. The summed E-state index contributed by atoms with van der Waals surface area (Å²) in [7, 11) is 0. The molecule has 8 nitrogen and oxygen atoms in total. The van der Waals surface area contributed by atoms with Crippen molar-refractivity contribution < 1.29 is 10.0 Å². The molecule has 0 spiro atoms. The van der Waals surface area contributed by atoms with Gasteiger partial charge < -0.3 is 5.11 Å². The molecule has 2 aromatic rings. The number of non-ortho nitro benzene ring substituents is 1. The van der Waals surface area contributed by atoms with Crippen LogP contribution in [0.5, 0.6) is 5.88 Å². The third kappa shape index (κ3) is 4.03. The average Bonchev–Trinajstić information content (AvgIpc) is 2.60.